The maximum Gasteiger partial charge on any atom is 0.165 e. The third-order valence-electron chi connectivity index (χ3n) is 5.90. The van der Waals surface area contributed by atoms with Gasteiger partial charge in [0.2, 0.25) is 0 Å². The van der Waals surface area contributed by atoms with Crippen LogP contribution in [0.5, 0.6) is 5.75 Å². The van der Waals surface area contributed by atoms with E-state index in [1.807, 2.05) is 20.8 Å². The van der Waals surface area contributed by atoms with Crippen molar-refractivity contribution < 1.29 is 19.3 Å². The molecule has 3 rings (SSSR count). The van der Waals surface area contributed by atoms with E-state index in [0.29, 0.717) is 18.4 Å². The summed E-state index contributed by atoms with van der Waals surface area (Å²) in [4.78, 5) is 0. The number of aliphatic hydroxyl groups excluding tert-OH is 1. The van der Waals surface area contributed by atoms with Gasteiger partial charge in [0.05, 0.1) is 17.7 Å². The molecular weight excluding hydrogens is 297 g/mol. The fourth-order valence-corrected chi connectivity index (χ4v) is 3.96. The van der Waals surface area contributed by atoms with Crippen molar-refractivity contribution in [3.8, 4) is 5.75 Å². The van der Waals surface area contributed by atoms with Crippen LogP contribution in [0.25, 0.3) is 0 Å². The van der Waals surface area contributed by atoms with E-state index in [2.05, 4.69) is 6.08 Å². The fourth-order valence-electron chi connectivity index (χ4n) is 3.96. The minimum atomic E-state index is -0.806. The van der Waals surface area contributed by atoms with Crippen LogP contribution in [-0.4, -0.2) is 28.0 Å². The standard InChI is InChI=1S/C18H24FNO3/c1-11-6-7-17(10-21)9-18(11,20)15(23-16(17,2)3)12-4-5-14(22)13(19)8-12/h4-6,8,15,21-22H,7,9-10,20H2,1-3H3. The van der Waals surface area contributed by atoms with E-state index in [9.17, 15) is 14.6 Å². The Morgan fingerprint density at radius 1 is 1.39 bits per heavy atom. The van der Waals surface area contributed by atoms with Crippen LogP contribution >= 0.6 is 0 Å². The number of rotatable bonds is 2. The molecule has 1 aliphatic heterocycles. The maximum atomic E-state index is 13.8. The molecule has 0 radical (unpaired) electrons. The first kappa shape index (κ1) is 16.4. The zero-order valence-corrected chi connectivity index (χ0v) is 13.8. The number of nitrogens with two attached hydrogens (primary N) is 1. The second-order valence-electron chi connectivity index (χ2n) is 7.47. The molecule has 2 bridgehead atoms. The monoisotopic (exact) mass is 321 g/mol. The first-order valence-electron chi connectivity index (χ1n) is 7.88. The number of phenolic OH excluding ortho intramolecular Hbond substituents is 1. The summed E-state index contributed by atoms with van der Waals surface area (Å²) >= 11 is 0. The fraction of sp³-hybridized carbons (Fsp3) is 0.556. The molecule has 1 aliphatic carbocycles. The van der Waals surface area contributed by atoms with E-state index in [4.69, 9.17) is 10.5 Å². The van der Waals surface area contributed by atoms with Crippen molar-refractivity contribution >= 4 is 0 Å². The molecule has 1 saturated heterocycles. The van der Waals surface area contributed by atoms with Crippen LogP contribution in [0.15, 0.2) is 29.8 Å². The Hall–Kier alpha value is -1.43. The van der Waals surface area contributed by atoms with Crippen LogP contribution in [0.4, 0.5) is 4.39 Å². The SMILES string of the molecule is CC1=CCC2(CO)CC1(N)C(c1ccc(O)c(F)c1)OC2(C)C. The second kappa shape index (κ2) is 5.03. The van der Waals surface area contributed by atoms with Gasteiger partial charge in [0, 0.05) is 5.41 Å². The average Bonchev–Trinajstić information content (AvgIpc) is 2.50. The minimum Gasteiger partial charge on any atom is -0.505 e. The van der Waals surface area contributed by atoms with E-state index in [1.54, 1.807) is 6.07 Å². The maximum absolute atomic E-state index is 13.8. The molecule has 0 spiro atoms. The summed E-state index contributed by atoms with van der Waals surface area (Å²) in [6, 6.07) is 4.24. The topological polar surface area (TPSA) is 75.7 Å². The highest BCUT2D eigenvalue weighted by atomic mass is 19.1. The van der Waals surface area contributed by atoms with E-state index in [-0.39, 0.29) is 6.61 Å². The van der Waals surface area contributed by atoms with Gasteiger partial charge in [-0.3, -0.25) is 0 Å². The smallest absolute Gasteiger partial charge is 0.165 e. The highest BCUT2D eigenvalue weighted by Gasteiger charge is 2.60. The average molecular weight is 321 g/mol. The van der Waals surface area contributed by atoms with Gasteiger partial charge < -0.3 is 20.7 Å². The van der Waals surface area contributed by atoms with E-state index in [0.717, 1.165) is 5.57 Å². The third-order valence-corrected chi connectivity index (χ3v) is 5.90. The van der Waals surface area contributed by atoms with Crippen molar-refractivity contribution in [2.75, 3.05) is 6.61 Å². The van der Waals surface area contributed by atoms with Crippen molar-refractivity contribution in [1.29, 1.82) is 0 Å². The lowest BCUT2D eigenvalue weighted by atomic mass is 9.56. The number of hydrogen-bond acceptors (Lipinski definition) is 4. The van der Waals surface area contributed by atoms with Crippen LogP contribution in [0.3, 0.4) is 0 Å². The molecule has 1 aromatic rings. The van der Waals surface area contributed by atoms with Crippen molar-refractivity contribution in [3.63, 3.8) is 0 Å². The third kappa shape index (κ3) is 2.22. The van der Waals surface area contributed by atoms with Crippen molar-refractivity contribution in [2.24, 2.45) is 11.1 Å². The number of benzene rings is 1. The number of halogens is 1. The summed E-state index contributed by atoms with van der Waals surface area (Å²) in [6.45, 7) is 5.83. The van der Waals surface area contributed by atoms with Gasteiger partial charge in [-0.15, -0.1) is 0 Å². The molecule has 2 aliphatic rings. The van der Waals surface area contributed by atoms with E-state index in [1.165, 1.54) is 12.1 Å². The van der Waals surface area contributed by atoms with Gasteiger partial charge in [-0.2, -0.15) is 0 Å². The zero-order valence-electron chi connectivity index (χ0n) is 13.8. The molecule has 4 N–H and O–H groups in total. The van der Waals surface area contributed by atoms with Gasteiger partial charge in [-0.05, 0) is 51.3 Å². The summed E-state index contributed by atoms with van der Waals surface area (Å²) < 4.78 is 20.1. The largest absolute Gasteiger partial charge is 0.505 e. The van der Waals surface area contributed by atoms with Crippen molar-refractivity contribution in [1.82, 2.24) is 0 Å². The number of allylic oxidation sites excluding steroid dienone is 1. The summed E-state index contributed by atoms with van der Waals surface area (Å²) in [5.74, 6) is -1.08. The molecule has 126 valence electrons. The highest BCUT2D eigenvalue weighted by molar-refractivity contribution is 5.38. The molecule has 23 heavy (non-hydrogen) atoms. The lowest BCUT2D eigenvalue weighted by Gasteiger charge is -2.60. The lowest BCUT2D eigenvalue weighted by Crippen LogP contribution is -2.66. The number of aromatic hydroxyl groups is 1. The van der Waals surface area contributed by atoms with Gasteiger partial charge in [-0.1, -0.05) is 17.7 Å². The van der Waals surface area contributed by atoms with Gasteiger partial charge in [0.1, 0.15) is 6.10 Å². The van der Waals surface area contributed by atoms with Crippen molar-refractivity contribution in [2.45, 2.75) is 50.9 Å². The second-order valence-corrected chi connectivity index (χ2v) is 7.47. The Balaban J connectivity index is 2.13. The Bertz CT molecular complexity index is 672. The molecule has 0 saturated carbocycles. The molecule has 0 amide bonds. The van der Waals surface area contributed by atoms with E-state index < -0.39 is 34.2 Å². The van der Waals surface area contributed by atoms with Crippen LogP contribution in [0.1, 0.15) is 45.3 Å². The highest BCUT2D eigenvalue weighted by Crippen LogP contribution is 2.58. The Morgan fingerprint density at radius 2 is 2.09 bits per heavy atom. The predicted octanol–water partition coefficient (Wildman–Crippen LogP) is 2.80. The first-order chi connectivity index (χ1) is 10.7. The summed E-state index contributed by atoms with van der Waals surface area (Å²) in [7, 11) is 0. The van der Waals surface area contributed by atoms with Gasteiger partial charge in [0.25, 0.3) is 0 Å². The Kier molecular flexibility index (Phi) is 3.59. The van der Waals surface area contributed by atoms with Gasteiger partial charge >= 0.3 is 0 Å². The molecule has 5 heteroatoms. The van der Waals surface area contributed by atoms with Crippen LogP contribution in [0, 0.1) is 11.2 Å². The van der Waals surface area contributed by atoms with Crippen molar-refractivity contribution in [3.05, 3.63) is 41.2 Å². The molecular formula is C18H24FNO3. The molecule has 4 nitrogen and oxygen atoms in total. The molecule has 1 fully saturated rings. The van der Waals surface area contributed by atoms with Gasteiger partial charge in [-0.25, -0.2) is 4.39 Å². The number of hydrogen-bond donors (Lipinski definition) is 3. The molecule has 3 unspecified atom stereocenters. The minimum absolute atomic E-state index is 0.0145. The van der Waals surface area contributed by atoms with E-state index >= 15 is 0 Å². The number of ether oxygens (including phenoxy) is 1. The Morgan fingerprint density at radius 3 is 2.70 bits per heavy atom. The molecule has 1 heterocycles. The van der Waals surface area contributed by atoms with Crippen LogP contribution in [0.2, 0.25) is 0 Å². The van der Waals surface area contributed by atoms with Gasteiger partial charge in [0.15, 0.2) is 11.6 Å². The first-order valence-corrected chi connectivity index (χ1v) is 7.88. The number of phenols is 1. The normalized spacial score (nSPS) is 35.7. The molecule has 0 aromatic heterocycles. The summed E-state index contributed by atoms with van der Waals surface area (Å²) in [5, 5.41) is 19.4. The number of fused-ring (bicyclic) bond motifs is 2. The molecule has 3 atom stereocenters. The number of aliphatic hydroxyl groups is 1. The zero-order chi connectivity index (χ0) is 17.0. The molecule has 1 aromatic carbocycles. The summed E-state index contributed by atoms with van der Waals surface area (Å²) in [6.07, 6.45) is 2.80. The Labute approximate surface area is 135 Å². The van der Waals surface area contributed by atoms with Crippen LogP contribution in [-0.2, 0) is 4.74 Å². The van der Waals surface area contributed by atoms with Crippen LogP contribution < -0.4 is 5.73 Å². The quantitative estimate of drug-likeness (QED) is 0.732. The lowest BCUT2D eigenvalue weighted by molar-refractivity contribution is -0.228. The predicted molar refractivity (Wildman–Crippen MR) is 85.4 cm³/mol. The summed E-state index contributed by atoms with van der Waals surface area (Å²) in [5.41, 5.74) is 6.41.